The lowest BCUT2D eigenvalue weighted by Gasteiger charge is -2.09. The number of carboxylic acids is 1. The van der Waals surface area contributed by atoms with Crippen LogP contribution in [-0.4, -0.2) is 22.9 Å². The molecule has 1 aliphatic carbocycles. The first-order valence-corrected chi connectivity index (χ1v) is 5.77. The minimum absolute atomic E-state index is 0.0603. The fourth-order valence-corrected chi connectivity index (χ4v) is 1.44. The van der Waals surface area contributed by atoms with Gasteiger partial charge in [0, 0.05) is 18.4 Å². The van der Waals surface area contributed by atoms with Crippen LogP contribution in [0.3, 0.4) is 0 Å². The van der Waals surface area contributed by atoms with Crippen LogP contribution in [0.1, 0.15) is 32.1 Å². The summed E-state index contributed by atoms with van der Waals surface area (Å²) in [6, 6.07) is 0. The zero-order valence-corrected chi connectivity index (χ0v) is 9.94. The number of rotatable bonds is 5. The zero-order chi connectivity index (χ0) is 13.4. The Kier molecular flexibility index (Phi) is 5.63. The Balaban J connectivity index is 2.21. The number of carbonyl (C=O) groups is 3. The van der Waals surface area contributed by atoms with E-state index >= 15 is 0 Å². The van der Waals surface area contributed by atoms with Crippen molar-refractivity contribution in [3.63, 3.8) is 0 Å². The molecule has 0 unspecified atom stereocenters. The Morgan fingerprint density at radius 1 is 1.17 bits per heavy atom. The van der Waals surface area contributed by atoms with Crippen LogP contribution in [0.5, 0.6) is 0 Å². The molecule has 0 aromatic rings. The summed E-state index contributed by atoms with van der Waals surface area (Å²) in [5.74, 6) is -1.70. The Hall–Kier alpha value is -2.11. The van der Waals surface area contributed by atoms with Crippen molar-refractivity contribution in [1.29, 1.82) is 0 Å². The smallest absolute Gasteiger partial charge is 0.303 e. The van der Waals surface area contributed by atoms with Crippen molar-refractivity contribution in [1.82, 2.24) is 10.9 Å². The number of hydrogen-bond acceptors (Lipinski definition) is 3. The van der Waals surface area contributed by atoms with E-state index in [0.717, 1.165) is 12.8 Å². The molecule has 1 rings (SSSR count). The fourth-order valence-electron chi connectivity index (χ4n) is 1.44. The van der Waals surface area contributed by atoms with Crippen LogP contribution in [0, 0.1) is 0 Å². The van der Waals surface area contributed by atoms with Gasteiger partial charge in [-0.25, -0.2) is 0 Å². The van der Waals surface area contributed by atoms with E-state index in [9.17, 15) is 14.4 Å². The third-order valence-corrected chi connectivity index (χ3v) is 2.37. The molecule has 0 heterocycles. The molecule has 18 heavy (non-hydrogen) atoms. The molecule has 0 saturated heterocycles. The Morgan fingerprint density at radius 2 is 1.94 bits per heavy atom. The number of allylic oxidation sites excluding steroid dienone is 2. The highest BCUT2D eigenvalue weighted by Crippen LogP contribution is 2.08. The van der Waals surface area contributed by atoms with E-state index in [1.54, 1.807) is 12.2 Å². The molecule has 0 saturated carbocycles. The average Bonchev–Trinajstić information content (AvgIpc) is 2.36. The standard InChI is InChI=1S/C12H16N2O4/c15-10(7-4-8-11(16)17)13-14-12(18)9-5-2-1-3-6-9/h2,5-6H,1,3-4,7-8H2,(H,13,15)(H,14,18)(H,16,17). The molecule has 98 valence electrons. The maximum absolute atomic E-state index is 11.5. The molecule has 2 amide bonds. The third-order valence-electron chi connectivity index (χ3n) is 2.37. The second-order valence-electron chi connectivity index (χ2n) is 3.89. The van der Waals surface area contributed by atoms with Gasteiger partial charge in [-0.15, -0.1) is 0 Å². The molecular formula is C12H16N2O4. The van der Waals surface area contributed by atoms with Gasteiger partial charge in [-0.3, -0.25) is 25.2 Å². The van der Waals surface area contributed by atoms with Gasteiger partial charge in [0.05, 0.1) is 0 Å². The number of carbonyl (C=O) groups excluding carboxylic acids is 2. The number of carboxylic acid groups (broad SMARTS) is 1. The van der Waals surface area contributed by atoms with Crippen LogP contribution in [-0.2, 0) is 14.4 Å². The summed E-state index contributed by atoms with van der Waals surface area (Å²) < 4.78 is 0. The van der Waals surface area contributed by atoms with Crippen molar-refractivity contribution in [2.45, 2.75) is 32.1 Å². The number of hydrogen-bond donors (Lipinski definition) is 3. The van der Waals surface area contributed by atoms with E-state index in [1.807, 2.05) is 6.08 Å². The Bertz CT molecular complexity index is 399. The normalized spacial score (nSPS) is 13.7. The molecule has 3 N–H and O–H groups in total. The molecule has 6 heteroatoms. The molecule has 0 spiro atoms. The summed E-state index contributed by atoms with van der Waals surface area (Å²) in [4.78, 5) is 33.0. The molecular weight excluding hydrogens is 236 g/mol. The van der Waals surface area contributed by atoms with Gasteiger partial charge >= 0.3 is 5.97 Å². The summed E-state index contributed by atoms with van der Waals surface area (Å²) in [6.45, 7) is 0. The summed E-state index contributed by atoms with van der Waals surface area (Å²) in [6.07, 6.45) is 7.38. The zero-order valence-electron chi connectivity index (χ0n) is 9.94. The molecule has 0 fully saturated rings. The van der Waals surface area contributed by atoms with Crippen molar-refractivity contribution in [2.24, 2.45) is 0 Å². The lowest BCUT2D eigenvalue weighted by Crippen LogP contribution is -2.42. The molecule has 0 radical (unpaired) electrons. The maximum Gasteiger partial charge on any atom is 0.303 e. The highest BCUT2D eigenvalue weighted by Gasteiger charge is 2.09. The third kappa shape index (κ3) is 5.29. The quantitative estimate of drug-likeness (QED) is 0.626. The van der Waals surface area contributed by atoms with Gasteiger partial charge in [-0.2, -0.15) is 0 Å². The molecule has 1 aliphatic rings. The predicted octanol–water partition coefficient (Wildman–Crippen LogP) is 0.665. The topological polar surface area (TPSA) is 95.5 Å². The molecule has 0 bridgehead atoms. The van der Waals surface area contributed by atoms with Gasteiger partial charge in [0.1, 0.15) is 0 Å². The van der Waals surface area contributed by atoms with Gasteiger partial charge in [0.15, 0.2) is 0 Å². The molecule has 0 aromatic carbocycles. The van der Waals surface area contributed by atoms with E-state index in [2.05, 4.69) is 10.9 Å². The number of aliphatic carboxylic acids is 1. The Morgan fingerprint density at radius 3 is 2.56 bits per heavy atom. The SMILES string of the molecule is O=C(O)CCCC(=O)NNC(=O)C1=CCCC=C1. The van der Waals surface area contributed by atoms with E-state index < -0.39 is 11.9 Å². The van der Waals surface area contributed by atoms with Gasteiger partial charge in [0.2, 0.25) is 5.91 Å². The van der Waals surface area contributed by atoms with Crippen LogP contribution >= 0.6 is 0 Å². The summed E-state index contributed by atoms with van der Waals surface area (Å²) in [5, 5.41) is 8.40. The van der Waals surface area contributed by atoms with Crippen LogP contribution in [0.25, 0.3) is 0 Å². The van der Waals surface area contributed by atoms with E-state index in [0.29, 0.717) is 5.57 Å². The van der Waals surface area contributed by atoms with Gasteiger partial charge in [0.25, 0.3) is 5.91 Å². The highest BCUT2D eigenvalue weighted by molar-refractivity contribution is 5.97. The molecule has 0 atom stereocenters. The van der Waals surface area contributed by atoms with E-state index in [1.165, 1.54) is 0 Å². The Labute approximate surface area is 105 Å². The molecule has 0 aromatic heterocycles. The lowest BCUT2D eigenvalue weighted by molar-refractivity contribution is -0.137. The van der Waals surface area contributed by atoms with Gasteiger partial charge < -0.3 is 5.11 Å². The highest BCUT2D eigenvalue weighted by atomic mass is 16.4. The number of amides is 2. The summed E-state index contributed by atoms with van der Waals surface area (Å²) in [5.41, 5.74) is 5.05. The number of hydrazine groups is 1. The number of nitrogens with one attached hydrogen (secondary N) is 2. The second-order valence-corrected chi connectivity index (χ2v) is 3.89. The first-order valence-electron chi connectivity index (χ1n) is 5.77. The van der Waals surface area contributed by atoms with Crippen molar-refractivity contribution in [2.75, 3.05) is 0 Å². The van der Waals surface area contributed by atoms with Crippen LogP contribution in [0.15, 0.2) is 23.8 Å². The fraction of sp³-hybridized carbons (Fsp3) is 0.417. The minimum Gasteiger partial charge on any atom is -0.481 e. The first kappa shape index (κ1) is 14.0. The largest absolute Gasteiger partial charge is 0.481 e. The summed E-state index contributed by atoms with van der Waals surface area (Å²) >= 11 is 0. The van der Waals surface area contributed by atoms with Crippen molar-refractivity contribution >= 4 is 17.8 Å². The van der Waals surface area contributed by atoms with Crippen molar-refractivity contribution < 1.29 is 19.5 Å². The van der Waals surface area contributed by atoms with E-state index in [4.69, 9.17) is 5.11 Å². The second kappa shape index (κ2) is 7.26. The molecule has 6 nitrogen and oxygen atoms in total. The van der Waals surface area contributed by atoms with Crippen LogP contribution < -0.4 is 10.9 Å². The van der Waals surface area contributed by atoms with Gasteiger partial charge in [-0.05, 0) is 19.3 Å². The van der Waals surface area contributed by atoms with Gasteiger partial charge in [-0.1, -0.05) is 18.2 Å². The van der Waals surface area contributed by atoms with Crippen LogP contribution in [0.2, 0.25) is 0 Å². The lowest BCUT2D eigenvalue weighted by atomic mass is 10.1. The first-order chi connectivity index (χ1) is 8.59. The summed E-state index contributed by atoms with van der Waals surface area (Å²) in [7, 11) is 0. The monoisotopic (exact) mass is 252 g/mol. The maximum atomic E-state index is 11.5. The van der Waals surface area contributed by atoms with Crippen molar-refractivity contribution in [3.8, 4) is 0 Å². The van der Waals surface area contributed by atoms with E-state index in [-0.39, 0.29) is 25.2 Å². The molecule has 0 aliphatic heterocycles. The minimum atomic E-state index is -0.940. The predicted molar refractivity (Wildman–Crippen MR) is 64.2 cm³/mol. The van der Waals surface area contributed by atoms with Crippen molar-refractivity contribution in [3.05, 3.63) is 23.8 Å². The average molecular weight is 252 g/mol. The van der Waals surface area contributed by atoms with Crippen LogP contribution in [0.4, 0.5) is 0 Å².